The first-order valence-corrected chi connectivity index (χ1v) is 9.32. The van der Waals surface area contributed by atoms with Gasteiger partial charge in [-0.05, 0) is 12.5 Å². The van der Waals surface area contributed by atoms with E-state index in [1.807, 2.05) is 42.6 Å². The van der Waals surface area contributed by atoms with Gasteiger partial charge in [-0.15, -0.1) is 0 Å². The Labute approximate surface area is 162 Å². The van der Waals surface area contributed by atoms with E-state index in [4.69, 9.17) is 0 Å². The molecule has 8 nitrogen and oxygen atoms in total. The maximum Gasteiger partial charge on any atom is 0.270 e. The van der Waals surface area contributed by atoms with Crippen molar-refractivity contribution in [3.8, 4) is 11.3 Å². The van der Waals surface area contributed by atoms with Gasteiger partial charge in [-0.3, -0.25) is 19.0 Å². The first-order chi connectivity index (χ1) is 13.6. The lowest BCUT2D eigenvalue weighted by atomic mass is 10.1. The first-order valence-electron chi connectivity index (χ1n) is 9.32. The molecule has 0 radical (unpaired) electrons. The van der Waals surface area contributed by atoms with Crippen LogP contribution in [0.4, 0.5) is 0 Å². The third-order valence-electron chi connectivity index (χ3n) is 4.86. The second-order valence-electron chi connectivity index (χ2n) is 6.76. The summed E-state index contributed by atoms with van der Waals surface area (Å²) in [5, 5.41) is 11.5. The summed E-state index contributed by atoms with van der Waals surface area (Å²) >= 11 is 0. The van der Waals surface area contributed by atoms with Crippen LogP contribution in [0.3, 0.4) is 0 Å². The predicted molar refractivity (Wildman–Crippen MR) is 104 cm³/mol. The highest BCUT2D eigenvalue weighted by Crippen LogP contribution is 2.17. The fourth-order valence-electron chi connectivity index (χ4n) is 3.17. The minimum absolute atomic E-state index is 0.135. The molecule has 0 saturated carbocycles. The monoisotopic (exact) mass is 378 g/mol. The number of benzene rings is 1. The average molecular weight is 378 g/mol. The number of carbonyl (C=O) groups excluding carboxylic acids is 2. The van der Waals surface area contributed by atoms with Crippen molar-refractivity contribution in [3.63, 3.8) is 0 Å². The summed E-state index contributed by atoms with van der Waals surface area (Å²) in [7, 11) is 1.67. The van der Waals surface area contributed by atoms with E-state index < -0.39 is 0 Å². The Morgan fingerprint density at radius 2 is 1.93 bits per heavy atom. The average Bonchev–Trinajstić information content (AvgIpc) is 3.28. The van der Waals surface area contributed by atoms with Gasteiger partial charge in [0, 0.05) is 38.4 Å². The molecular weight excluding hydrogens is 356 g/mol. The van der Waals surface area contributed by atoms with Gasteiger partial charge in [0.05, 0.1) is 24.0 Å². The normalized spacial score (nSPS) is 13.2. The first kappa shape index (κ1) is 18.0. The summed E-state index contributed by atoms with van der Waals surface area (Å²) in [6.45, 7) is 2.40. The number of nitrogens with zero attached hydrogens (tertiary/aromatic N) is 5. The van der Waals surface area contributed by atoms with Crippen molar-refractivity contribution in [2.75, 3.05) is 19.6 Å². The molecule has 1 saturated heterocycles. The largest absolute Gasteiger partial charge is 0.349 e. The van der Waals surface area contributed by atoms with Gasteiger partial charge in [-0.25, -0.2) is 0 Å². The molecule has 2 aromatic heterocycles. The van der Waals surface area contributed by atoms with Crippen LogP contribution in [0.1, 0.15) is 27.3 Å². The fourth-order valence-corrected chi connectivity index (χ4v) is 3.17. The molecule has 1 aliphatic heterocycles. The fraction of sp³-hybridized carbons (Fsp3) is 0.300. The molecule has 0 bridgehead atoms. The summed E-state index contributed by atoms with van der Waals surface area (Å²) in [4.78, 5) is 26.8. The van der Waals surface area contributed by atoms with Gasteiger partial charge in [0.25, 0.3) is 11.8 Å². The lowest BCUT2D eigenvalue weighted by molar-refractivity contribution is 0.0647. The van der Waals surface area contributed by atoms with Crippen LogP contribution in [0.15, 0.2) is 48.8 Å². The number of hydrogen-bond acceptors (Lipinski definition) is 4. The van der Waals surface area contributed by atoms with E-state index in [1.54, 1.807) is 16.6 Å². The standard InChI is InChI=1S/C20H22N6O2/c1-24-18(16(14-22-24)20(28)25-10-5-11-25)19(27)21-9-13-26-12-8-17(23-26)15-6-3-2-4-7-15/h2-4,6-8,12,14H,5,9-11,13H2,1H3,(H,21,27). The molecule has 2 amide bonds. The van der Waals surface area contributed by atoms with Crippen LogP contribution < -0.4 is 5.32 Å². The van der Waals surface area contributed by atoms with Gasteiger partial charge in [0.2, 0.25) is 0 Å². The van der Waals surface area contributed by atoms with E-state index in [0.29, 0.717) is 24.3 Å². The Balaban J connectivity index is 1.37. The summed E-state index contributed by atoms with van der Waals surface area (Å²) in [5.41, 5.74) is 2.59. The van der Waals surface area contributed by atoms with E-state index in [9.17, 15) is 9.59 Å². The predicted octanol–water partition coefficient (Wildman–Crippen LogP) is 1.56. The number of amides is 2. The van der Waals surface area contributed by atoms with Gasteiger partial charge in [-0.2, -0.15) is 10.2 Å². The molecule has 0 unspecified atom stereocenters. The zero-order valence-corrected chi connectivity index (χ0v) is 15.7. The number of rotatable bonds is 6. The molecule has 4 rings (SSSR count). The molecule has 0 spiro atoms. The maximum atomic E-state index is 12.6. The molecule has 0 aliphatic carbocycles. The van der Waals surface area contributed by atoms with Crippen molar-refractivity contribution in [2.24, 2.45) is 7.05 Å². The highest BCUT2D eigenvalue weighted by atomic mass is 16.2. The molecule has 144 valence electrons. The van der Waals surface area contributed by atoms with Gasteiger partial charge >= 0.3 is 0 Å². The van der Waals surface area contributed by atoms with Gasteiger partial charge < -0.3 is 10.2 Å². The van der Waals surface area contributed by atoms with Crippen molar-refractivity contribution in [1.82, 2.24) is 29.8 Å². The van der Waals surface area contributed by atoms with Crippen LogP contribution in [-0.4, -0.2) is 55.9 Å². The van der Waals surface area contributed by atoms with Gasteiger partial charge in [-0.1, -0.05) is 30.3 Å². The van der Waals surface area contributed by atoms with Crippen molar-refractivity contribution >= 4 is 11.8 Å². The Hall–Kier alpha value is -3.42. The molecule has 1 N–H and O–H groups in total. The van der Waals surface area contributed by atoms with Crippen LogP contribution in [-0.2, 0) is 13.6 Å². The molecule has 28 heavy (non-hydrogen) atoms. The minimum Gasteiger partial charge on any atom is -0.349 e. The summed E-state index contributed by atoms with van der Waals surface area (Å²) < 4.78 is 3.24. The number of hydrogen-bond donors (Lipinski definition) is 1. The van der Waals surface area contributed by atoms with E-state index >= 15 is 0 Å². The summed E-state index contributed by atoms with van der Waals surface area (Å²) in [6, 6.07) is 11.9. The number of nitrogens with one attached hydrogen (secondary N) is 1. The van der Waals surface area contributed by atoms with E-state index in [-0.39, 0.29) is 11.8 Å². The van der Waals surface area contributed by atoms with E-state index in [2.05, 4.69) is 15.5 Å². The van der Waals surface area contributed by atoms with Crippen LogP contribution >= 0.6 is 0 Å². The summed E-state index contributed by atoms with van der Waals surface area (Å²) in [5.74, 6) is -0.441. The topological polar surface area (TPSA) is 85.0 Å². The summed E-state index contributed by atoms with van der Waals surface area (Å²) in [6.07, 6.45) is 4.36. The second kappa shape index (κ2) is 7.67. The SMILES string of the molecule is Cn1ncc(C(=O)N2CCC2)c1C(=O)NCCn1ccc(-c2ccccc2)n1. The highest BCUT2D eigenvalue weighted by Gasteiger charge is 2.28. The van der Waals surface area contributed by atoms with Crippen molar-refractivity contribution in [1.29, 1.82) is 0 Å². The molecular formula is C20H22N6O2. The molecule has 0 atom stereocenters. The molecule has 1 fully saturated rings. The van der Waals surface area contributed by atoms with Crippen LogP contribution in [0.2, 0.25) is 0 Å². The van der Waals surface area contributed by atoms with E-state index in [0.717, 1.165) is 30.8 Å². The van der Waals surface area contributed by atoms with E-state index in [1.165, 1.54) is 10.9 Å². The Kier molecular flexibility index (Phi) is 4.92. The third kappa shape index (κ3) is 3.53. The lowest BCUT2D eigenvalue weighted by Gasteiger charge is -2.30. The molecule has 1 aliphatic rings. The van der Waals surface area contributed by atoms with Crippen LogP contribution in [0.25, 0.3) is 11.3 Å². The van der Waals surface area contributed by atoms with Gasteiger partial charge in [0.1, 0.15) is 5.69 Å². The van der Waals surface area contributed by atoms with Crippen LogP contribution in [0.5, 0.6) is 0 Å². The number of carbonyl (C=O) groups is 2. The Morgan fingerprint density at radius 3 is 2.64 bits per heavy atom. The second-order valence-corrected chi connectivity index (χ2v) is 6.76. The molecule has 8 heteroatoms. The zero-order valence-electron chi connectivity index (χ0n) is 15.7. The van der Waals surface area contributed by atoms with Gasteiger partial charge in [0.15, 0.2) is 0 Å². The lowest BCUT2D eigenvalue weighted by Crippen LogP contribution is -2.43. The third-order valence-corrected chi connectivity index (χ3v) is 4.86. The highest BCUT2D eigenvalue weighted by molar-refractivity contribution is 6.06. The smallest absolute Gasteiger partial charge is 0.270 e. The molecule has 1 aromatic carbocycles. The molecule has 3 heterocycles. The Morgan fingerprint density at radius 1 is 1.14 bits per heavy atom. The van der Waals surface area contributed by atoms with Crippen molar-refractivity contribution < 1.29 is 9.59 Å². The Bertz CT molecular complexity index is 987. The molecule has 3 aromatic rings. The minimum atomic E-state index is -0.306. The number of aryl methyl sites for hydroxylation is 1. The van der Waals surface area contributed by atoms with Crippen molar-refractivity contribution in [2.45, 2.75) is 13.0 Å². The number of likely N-dealkylation sites (tertiary alicyclic amines) is 1. The van der Waals surface area contributed by atoms with Crippen molar-refractivity contribution in [3.05, 3.63) is 60.0 Å². The quantitative estimate of drug-likeness (QED) is 0.705. The number of aromatic nitrogens is 4. The van der Waals surface area contributed by atoms with Crippen LogP contribution in [0, 0.1) is 0 Å². The zero-order chi connectivity index (χ0) is 19.5. The maximum absolute atomic E-state index is 12.6.